The summed E-state index contributed by atoms with van der Waals surface area (Å²) in [5, 5.41) is 25.9. The van der Waals surface area contributed by atoms with Crippen molar-refractivity contribution in [3.8, 4) is 0 Å². The average molecular weight is 1010 g/mol. The van der Waals surface area contributed by atoms with E-state index < -0.39 is 29.9 Å². The van der Waals surface area contributed by atoms with Crippen LogP contribution in [0.15, 0.2) is 49.1 Å². The molecule has 72 heavy (non-hydrogen) atoms. The van der Waals surface area contributed by atoms with Crippen LogP contribution < -0.4 is 26.6 Å². The average Bonchev–Trinajstić information content (AvgIpc) is 3.87. The maximum atomic E-state index is 14.0. The number of ether oxygens (including phenoxy) is 1. The fourth-order valence-corrected chi connectivity index (χ4v) is 10.9. The molecule has 0 spiro atoms. The third-order valence-electron chi connectivity index (χ3n) is 15.2. The van der Waals surface area contributed by atoms with E-state index >= 15 is 0 Å². The predicted octanol–water partition coefficient (Wildman–Crippen LogP) is 4.30. The zero-order valence-corrected chi connectivity index (χ0v) is 41.8. The van der Waals surface area contributed by atoms with Crippen LogP contribution in [0.1, 0.15) is 114 Å². The number of rotatable bonds is 21. The Labute approximate surface area is 419 Å². The molecule has 0 radical (unpaired) electrons. The molecule has 21 heteroatoms. The van der Waals surface area contributed by atoms with E-state index in [1.165, 1.54) is 12.4 Å². The first-order chi connectivity index (χ1) is 34.5. The summed E-state index contributed by atoms with van der Waals surface area (Å²) in [5.74, 6) is -0.769. The number of fused-ring (bicyclic) bond motifs is 1. The Morgan fingerprint density at radius 1 is 0.917 bits per heavy atom. The molecule has 6 N–H and O–H groups in total. The number of alkyl halides is 3. The third-order valence-corrected chi connectivity index (χ3v) is 15.2. The van der Waals surface area contributed by atoms with E-state index in [0.717, 1.165) is 49.8 Å². The van der Waals surface area contributed by atoms with E-state index in [1.54, 1.807) is 29.2 Å². The fourth-order valence-electron chi connectivity index (χ4n) is 10.9. The van der Waals surface area contributed by atoms with Crippen molar-refractivity contribution in [2.45, 2.75) is 152 Å². The first-order valence-electron chi connectivity index (χ1n) is 25.6. The zero-order valence-electron chi connectivity index (χ0n) is 41.8. The number of carbonyl (C=O) groups excluding carboxylic acids is 5. The summed E-state index contributed by atoms with van der Waals surface area (Å²) in [6.45, 7) is 5.93. The van der Waals surface area contributed by atoms with Gasteiger partial charge in [0, 0.05) is 81.2 Å². The molecule has 3 aromatic rings. The van der Waals surface area contributed by atoms with Gasteiger partial charge in [0.2, 0.25) is 29.5 Å². The lowest BCUT2D eigenvalue weighted by Crippen LogP contribution is -2.58. The summed E-state index contributed by atoms with van der Waals surface area (Å²) in [5.41, 5.74) is 0.355. The number of anilines is 1. The van der Waals surface area contributed by atoms with Crippen LogP contribution in [-0.4, -0.2) is 154 Å². The minimum absolute atomic E-state index is 0.0210. The zero-order chi connectivity index (χ0) is 51.5. The van der Waals surface area contributed by atoms with Crippen molar-refractivity contribution >= 4 is 46.3 Å². The highest BCUT2D eigenvalue weighted by Crippen LogP contribution is 2.39. The summed E-state index contributed by atoms with van der Waals surface area (Å²) in [6, 6.07) is 5.82. The summed E-state index contributed by atoms with van der Waals surface area (Å²) >= 11 is 0. The van der Waals surface area contributed by atoms with Gasteiger partial charge in [-0.15, -0.1) is 0 Å². The van der Waals surface area contributed by atoms with Crippen molar-refractivity contribution < 1.29 is 47.0 Å². The van der Waals surface area contributed by atoms with E-state index in [2.05, 4.69) is 67.3 Å². The highest BCUT2D eigenvalue weighted by Gasteiger charge is 2.45. The SMILES string of the molecule is CC(C)N(C)[C@@H]1CC[C@H](N2CC[C@H](Nc3ncnc4ccc(C(F)(F)F)cc34)C2=O)[C@H](NC(=O)CCCC(=O)N[C@H]2CC[C@@H](CNC(=O)CCOCCNC(=O)[C@H]3CC(O)N(C)[C@@H]3c3cccnc3)CC2)C1. The smallest absolute Gasteiger partial charge is 0.379 e. The maximum Gasteiger partial charge on any atom is 0.416 e. The number of amides is 5. The molecule has 7 atom stereocenters. The van der Waals surface area contributed by atoms with Gasteiger partial charge in [0.15, 0.2) is 0 Å². The van der Waals surface area contributed by atoms with Crippen LogP contribution in [0.25, 0.3) is 10.9 Å². The van der Waals surface area contributed by atoms with Crippen molar-refractivity contribution in [1.82, 2.24) is 50.9 Å². The van der Waals surface area contributed by atoms with Crippen LogP contribution >= 0.6 is 0 Å². The van der Waals surface area contributed by atoms with Crippen molar-refractivity contribution in [3.05, 3.63) is 60.2 Å². The van der Waals surface area contributed by atoms with E-state index in [1.807, 2.05) is 12.1 Å². The number of aliphatic hydroxyl groups is 1. The lowest BCUT2D eigenvalue weighted by Gasteiger charge is -2.44. The topological polar surface area (TPSA) is 223 Å². The number of hydrogen-bond acceptors (Lipinski definition) is 13. The largest absolute Gasteiger partial charge is 0.416 e. The second-order valence-electron chi connectivity index (χ2n) is 20.3. The highest BCUT2D eigenvalue weighted by molar-refractivity contribution is 5.93. The summed E-state index contributed by atoms with van der Waals surface area (Å²) < 4.78 is 46.3. The van der Waals surface area contributed by atoms with Crippen LogP contribution in [0.2, 0.25) is 0 Å². The second-order valence-corrected chi connectivity index (χ2v) is 20.3. The van der Waals surface area contributed by atoms with Crippen LogP contribution in [0.5, 0.6) is 0 Å². The molecule has 18 nitrogen and oxygen atoms in total. The van der Waals surface area contributed by atoms with E-state index in [9.17, 15) is 42.3 Å². The van der Waals surface area contributed by atoms with Gasteiger partial charge in [-0.1, -0.05) is 6.07 Å². The predicted molar refractivity (Wildman–Crippen MR) is 263 cm³/mol. The lowest BCUT2D eigenvalue weighted by molar-refractivity contribution is -0.137. The van der Waals surface area contributed by atoms with Crippen molar-refractivity contribution in [2.75, 3.05) is 52.3 Å². The minimum Gasteiger partial charge on any atom is -0.379 e. The number of likely N-dealkylation sites (tertiary alicyclic amines) is 2. The Morgan fingerprint density at radius 3 is 2.40 bits per heavy atom. The van der Waals surface area contributed by atoms with Crippen LogP contribution in [-0.2, 0) is 34.9 Å². The minimum atomic E-state index is -4.55. The Kier molecular flexibility index (Phi) is 18.8. The Morgan fingerprint density at radius 2 is 1.68 bits per heavy atom. The number of nitrogens with one attached hydrogen (secondary N) is 5. The van der Waals surface area contributed by atoms with Gasteiger partial charge >= 0.3 is 6.18 Å². The number of pyridine rings is 1. The molecular weight excluding hydrogens is 936 g/mol. The Bertz CT molecular complexity index is 2320. The Balaban J connectivity index is 0.779. The van der Waals surface area contributed by atoms with E-state index in [-0.39, 0.29) is 116 Å². The molecule has 4 fully saturated rings. The Hall–Kier alpha value is -5.51. The summed E-state index contributed by atoms with van der Waals surface area (Å²) in [7, 11) is 3.85. The number of benzene rings is 1. The van der Waals surface area contributed by atoms with Crippen molar-refractivity contribution in [2.24, 2.45) is 11.8 Å². The van der Waals surface area contributed by atoms with Crippen LogP contribution in [0.3, 0.4) is 0 Å². The summed E-state index contributed by atoms with van der Waals surface area (Å²) in [4.78, 5) is 84.4. The molecule has 2 saturated carbocycles. The number of aromatic nitrogens is 3. The quantitative estimate of drug-likeness (QED) is 0.0821. The van der Waals surface area contributed by atoms with Crippen molar-refractivity contribution in [1.29, 1.82) is 0 Å². The molecule has 0 bridgehead atoms. The second kappa shape index (κ2) is 24.9. The third kappa shape index (κ3) is 14.2. The molecule has 2 saturated heterocycles. The maximum absolute atomic E-state index is 14.0. The number of nitrogens with zero attached hydrogens (tertiary/aromatic N) is 6. The molecule has 7 rings (SSSR count). The van der Waals surface area contributed by atoms with Gasteiger partial charge in [-0.05, 0) is 121 Å². The standard InChI is InChI=1S/C51H72F3N11O7/c1-31(2)63(3)36-15-17-42(65-22-18-40(50(65)71)62-48-37-25-34(51(52,53)54)12-16-39(37)58-30-59-48)41(26-36)61-45(68)9-5-8-44(67)60-35-13-10-32(11-14-35)28-57-43(66)19-23-72-24-21-56-49(70)38-27-46(69)64(4)47(38)33-7-6-20-55-29-33/h6-7,12,16,20,25,29-32,35-36,38,40-42,46-47,69H,5,8-11,13-15,17-19,21-24,26-28H2,1-4H3,(H,56,70)(H,57,66)(H,60,67)(H,61,68)(H,58,59,62)/t32-,35+,36-,38+,40+,41-,42+,46?,47-/m1/s1. The monoisotopic (exact) mass is 1010 g/mol. The van der Waals surface area contributed by atoms with Gasteiger partial charge in [0.25, 0.3) is 0 Å². The molecule has 2 aliphatic carbocycles. The van der Waals surface area contributed by atoms with E-state index in [4.69, 9.17) is 4.74 Å². The molecule has 4 aliphatic rings. The van der Waals surface area contributed by atoms with Gasteiger partial charge in [0.1, 0.15) is 24.4 Å². The van der Waals surface area contributed by atoms with E-state index in [0.29, 0.717) is 56.6 Å². The van der Waals surface area contributed by atoms with Crippen molar-refractivity contribution in [3.63, 3.8) is 0 Å². The molecule has 1 unspecified atom stereocenters. The molecule has 394 valence electrons. The molecule has 2 aromatic heterocycles. The first-order valence-corrected chi connectivity index (χ1v) is 25.6. The molecule has 1 aromatic carbocycles. The molecule has 2 aliphatic heterocycles. The normalized spacial score (nSPS) is 26.0. The van der Waals surface area contributed by atoms with Gasteiger partial charge in [-0.25, -0.2) is 9.97 Å². The number of aliphatic hydroxyl groups excluding tert-OH is 1. The van der Waals surface area contributed by atoms with Gasteiger partial charge in [0.05, 0.1) is 48.3 Å². The molecule has 5 amide bonds. The van der Waals surface area contributed by atoms with Crippen LogP contribution in [0, 0.1) is 11.8 Å². The molecular formula is C51H72F3N11O7. The van der Waals surface area contributed by atoms with Gasteiger partial charge < -0.3 is 46.2 Å². The molecule has 4 heterocycles. The first kappa shape index (κ1) is 54.3. The summed E-state index contributed by atoms with van der Waals surface area (Å²) in [6.07, 6.45) is 6.37. The lowest BCUT2D eigenvalue weighted by atomic mass is 9.84. The number of halogens is 3. The number of hydrogen-bond donors (Lipinski definition) is 6. The van der Waals surface area contributed by atoms with Gasteiger partial charge in [-0.3, -0.25) is 33.9 Å². The van der Waals surface area contributed by atoms with Crippen LogP contribution in [0.4, 0.5) is 19.0 Å². The number of carbonyl (C=O) groups is 5. The van der Waals surface area contributed by atoms with Gasteiger partial charge in [-0.2, -0.15) is 13.2 Å². The fraction of sp³-hybridized carbons (Fsp3) is 0.647. The highest BCUT2D eigenvalue weighted by atomic mass is 19.4.